The minimum atomic E-state index is -0.734. The van der Waals surface area contributed by atoms with Gasteiger partial charge in [-0.15, -0.1) is 0 Å². The zero-order valence-corrected chi connectivity index (χ0v) is 15.7. The van der Waals surface area contributed by atoms with E-state index in [2.05, 4.69) is 55.5 Å². The lowest BCUT2D eigenvalue weighted by molar-refractivity contribution is -0.194. The third-order valence-corrected chi connectivity index (χ3v) is 6.04. The summed E-state index contributed by atoms with van der Waals surface area (Å²) < 4.78 is 23.4. The Balaban J connectivity index is 1.77. The summed E-state index contributed by atoms with van der Waals surface area (Å²) >= 11 is 0. The fraction of sp³-hybridized carbons (Fsp3) is 0.304. The third-order valence-electron chi connectivity index (χ3n) is 6.04. The first-order valence-corrected chi connectivity index (χ1v) is 9.26. The van der Waals surface area contributed by atoms with Gasteiger partial charge in [-0.2, -0.15) is 0 Å². The fourth-order valence-electron chi connectivity index (χ4n) is 4.34. The molecule has 0 saturated carbocycles. The van der Waals surface area contributed by atoms with Gasteiger partial charge < -0.3 is 18.9 Å². The van der Waals surface area contributed by atoms with Gasteiger partial charge in [0.15, 0.2) is 11.5 Å². The van der Waals surface area contributed by atoms with Crippen molar-refractivity contribution in [2.24, 2.45) is 5.92 Å². The highest BCUT2D eigenvalue weighted by Crippen LogP contribution is 2.53. The molecule has 138 valence electrons. The SMILES string of the molecule is CO[C@]1(C)Oc2cc3c(cc2[C@@H](c2cccc4ccccc24)[C@H]1C)OCO3. The van der Waals surface area contributed by atoms with Crippen LogP contribution in [0.5, 0.6) is 17.2 Å². The van der Waals surface area contributed by atoms with Gasteiger partial charge in [0.25, 0.3) is 0 Å². The molecule has 27 heavy (non-hydrogen) atoms. The van der Waals surface area contributed by atoms with E-state index in [1.807, 2.05) is 13.0 Å². The number of hydrogen-bond donors (Lipinski definition) is 0. The highest BCUT2D eigenvalue weighted by atomic mass is 16.7. The molecule has 0 amide bonds. The van der Waals surface area contributed by atoms with Crippen molar-refractivity contribution in [1.82, 2.24) is 0 Å². The molecule has 0 N–H and O–H groups in total. The maximum Gasteiger partial charge on any atom is 0.231 e. The first-order valence-electron chi connectivity index (χ1n) is 9.26. The minimum Gasteiger partial charge on any atom is -0.462 e. The van der Waals surface area contributed by atoms with E-state index in [0.717, 1.165) is 22.8 Å². The molecule has 3 aromatic carbocycles. The maximum absolute atomic E-state index is 6.31. The summed E-state index contributed by atoms with van der Waals surface area (Å²) in [7, 11) is 1.70. The van der Waals surface area contributed by atoms with Crippen molar-refractivity contribution < 1.29 is 18.9 Å². The summed E-state index contributed by atoms with van der Waals surface area (Å²) in [6, 6.07) is 19.0. The van der Waals surface area contributed by atoms with E-state index in [9.17, 15) is 0 Å². The second-order valence-corrected chi connectivity index (χ2v) is 7.40. The first kappa shape index (κ1) is 16.5. The molecular weight excluding hydrogens is 340 g/mol. The average Bonchev–Trinajstić information content (AvgIpc) is 3.15. The van der Waals surface area contributed by atoms with Gasteiger partial charge in [-0.05, 0) is 22.4 Å². The van der Waals surface area contributed by atoms with Crippen molar-refractivity contribution in [3.63, 3.8) is 0 Å². The molecule has 0 spiro atoms. The quantitative estimate of drug-likeness (QED) is 0.636. The van der Waals surface area contributed by atoms with Gasteiger partial charge in [-0.1, -0.05) is 49.4 Å². The largest absolute Gasteiger partial charge is 0.462 e. The zero-order valence-electron chi connectivity index (χ0n) is 15.7. The van der Waals surface area contributed by atoms with Crippen molar-refractivity contribution in [2.75, 3.05) is 13.9 Å². The molecular formula is C23H22O4. The smallest absolute Gasteiger partial charge is 0.231 e. The molecule has 0 bridgehead atoms. The van der Waals surface area contributed by atoms with E-state index in [4.69, 9.17) is 18.9 Å². The molecule has 5 rings (SSSR count). The van der Waals surface area contributed by atoms with Crippen LogP contribution in [0.1, 0.15) is 30.9 Å². The Kier molecular flexibility index (Phi) is 3.59. The third kappa shape index (κ3) is 2.40. The highest BCUT2D eigenvalue weighted by molar-refractivity contribution is 5.87. The van der Waals surface area contributed by atoms with Crippen LogP contribution in [-0.2, 0) is 4.74 Å². The Morgan fingerprint density at radius 3 is 2.48 bits per heavy atom. The zero-order chi connectivity index (χ0) is 18.6. The van der Waals surface area contributed by atoms with Crippen LogP contribution in [0, 0.1) is 5.92 Å². The first-order chi connectivity index (χ1) is 13.1. The van der Waals surface area contributed by atoms with Crippen molar-refractivity contribution in [3.05, 3.63) is 65.7 Å². The van der Waals surface area contributed by atoms with Crippen LogP contribution in [0.3, 0.4) is 0 Å². The number of methoxy groups -OCH3 is 1. The van der Waals surface area contributed by atoms with Gasteiger partial charge in [-0.25, -0.2) is 0 Å². The van der Waals surface area contributed by atoms with Crippen LogP contribution in [0.4, 0.5) is 0 Å². The van der Waals surface area contributed by atoms with E-state index < -0.39 is 5.79 Å². The molecule has 0 aromatic heterocycles. The molecule has 3 atom stereocenters. The number of ether oxygens (including phenoxy) is 4. The predicted octanol–water partition coefficient (Wildman–Crippen LogP) is 5.09. The summed E-state index contributed by atoms with van der Waals surface area (Å²) in [5.41, 5.74) is 2.38. The molecule has 4 nitrogen and oxygen atoms in total. The molecule has 0 aliphatic carbocycles. The molecule has 4 heteroatoms. The minimum absolute atomic E-state index is 0.0983. The van der Waals surface area contributed by atoms with E-state index >= 15 is 0 Å². The van der Waals surface area contributed by atoms with Crippen molar-refractivity contribution in [2.45, 2.75) is 25.6 Å². The Bertz CT molecular complexity index is 1020. The van der Waals surface area contributed by atoms with E-state index in [0.29, 0.717) is 0 Å². The number of rotatable bonds is 2. The molecule has 2 aliphatic rings. The van der Waals surface area contributed by atoms with Crippen LogP contribution in [-0.4, -0.2) is 19.7 Å². The lowest BCUT2D eigenvalue weighted by Crippen LogP contribution is -2.47. The number of fused-ring (bicyclic) bond motifs is 3. The van der Waals surface area contributed by atoms with Gasteiger partial charge in [0, 0.05) is 37.5 Å². The summed E-state index contributed by atoms with van der Waals surface area (Å²) in [6.07, 6.45) is 0. The Hall–Kier alpha value is -2.72. The molecule has 2 heterocycles. The molecule has 0 unspecified atom stereocenters. The normalized spacial score (nSPS) is 25.9. The molecule has 0 saturated heterocycles. The lowest BCUT2D eigenvalue weighted by atomic mass is 9.74. The van der Waals surface area contributed by atoms with Gasteiger partial charge in [0.05, 0.1) is 0 Å². The molecule has 0 fully saturated rings. The molecule has 3 aromatic rings. The highest BCUT2D eigenvalue weighted by Gasteiger charge is 2.46. The van der Waals surface area contributed by atoms with Gasteiger partial charge >= 0.3 is 0 Å². The fourth-order valence-corrected chi connectivity index (χ4v) is 4.34. The van der Waals surface area contributed by atoms with Crippen molar-refractivity contribution in [1.29, 1.82) is 0 Å². The van der Waals surface area contributed by atoms with Crippen LogP contribution in [0.25, 0.3) is 10.8 Å². The van der Waals surface area contributed by atoms with E-state index in [1.165, 1.54) is 16.3 Å². The summed E-state index contributed by atoms with van der Waals surface area (Å²) in [6.45, 7) is 4.43. The average molecular weight is 362 g/mol. The standard InChI is InChI=1S/C23H22O4/c1-14-22(17-10-6-8-15-7-4-5-9-16(15)17)18-11-20-21(26-13-25-20)12-19(18)27-23(14,2)24-3/h4-12,14,22H,13H2,1-3H3/t14-,22-,23-/m1/s1. The lowest BCUT2D eigenvalue weighted by Gasteiger charge is -2.44. The van der Waals surface area contributed by atoms with Crippen LogP contribution in [0.2, 0.25) is 0 Å². The van der Waals surface area contributed by atoms with E-state index in [1.54, 1.807) is 7.11 Å². The van der Waals surface area contributed by atoms with Gasteiger partial charge in [-0.3, -0.25) is 0 Å². The van der Waals surface area contributed by atoms with Crippen molar-refractivity contribution >= 4 is 10.8 Å². The molecule has 2 aliphatic heterocycles. The monoisotopic (exact) mass is 362 g/mol. The second-order valence-electron chi connectivity index (χ2n) is 7.40. The van der Waals surface area contributed by atoms with Crippen LogP contribution in [0.15, 0.2) is 54.6 Å². The molecule has 0 radical (unpaired) electrons. The topological polar surface area (TPSA) is 36.9 Å². The van der Waals surface area contributed by atoms with Gasteiger partial charge in [0.2, 0.25) is 12.6 Å². The van der Waals surface area contributed by atoms with Crippen LogP contribution >= 0.6 is 0 Å². The summed E-state index contributed by atoms with van der Waals surface area (Å²) in [5.74, 6) is 1.76. The Morgan fingerprint density at radius 1 is 0.926 bits per heavy atom. The van der Waals surface area contributed by atoms with Crippen LogP contribution < -0.4 is 14.2 Å². The predicted molar refractivity (Wildman–Crippen MR) is 104 cm³/mol. The maximum atomic E-state index is 6.31. The number of hydrogen-bond acceptors (Lipinski definition) is 4. The Labute approximate surface area is 158 Å². The van der Waals surface area contributed by atoms with E-state index in [-0.39, 0.29) is 18.6 Å². The van der Waals surface area contributed by atoms with Crippen molar-refractivity contribution in [3.8, 4) is 17.2 Å². The number of benzene rings is 3. The Morgan fingerprint density at radius 2 is 1.67 bits per heavy atom. The summed E-state index contributed by atoms with van der Waals surface area (Å²) in [5, 5.41) is 2.48. The summed E-state index contributed by atoms with van der Waals surface area (Å²) in [4.78, 5) is 0. The van der Waals surface area contributed by atoms with Gasteiger partial charge in [0.1, 0.15) is 5.75 Å². The second kappa shape index (κ2) is 5.89.